The Morgan fingerprint density at radius 3 is 2.70 bits per heavy atom. The molecule has 2 heterocycles. The van der Waals surface area contributed by atoms with Crippen LogP contribution < -0.4 is 5.32 Å². The predicted octanol–water partition coefficient (Wildman–Crippen LogP) is 5.04. The molecule has 3 atom stereocenters. The van der Waals surface area contributed by atoms with Crippen molar-refractivity contribution in [1.29, 1.82) is 0 Å². The summed E-state index contributed by atoms with van der Waals surface area (Å²) < 4.78 is 1.14. The number of carbonyl (C=O) groups is 1. The highest BCUT2D eigenvalue weighted by Gasteiger charge is 2.42. The van der Waals surface area contributed by atoms with Crippen molar-refractivity contribution in [3.8, 4) is 0 Å². The number of rotatable bonds is 6. The summed E-state index contributed by atoms with van der Waals surface area (Å²) in [6, 6.07) is 5.32. The molecule has 1 aliphatic heterocycles. The lowest BCUT2D eigenvalue weighted by molar-refractivity contribution is 0.0978. The van der Waals surface area contributed by atoms with Crippen LogP contribution >= 0.6 is 15.9 Å². The van der Waals surface area contributed by atoms with E-state index < -0.39 is 0 Å². The van der Waals surface area contributed by atoms with Crippen LogP contribution in [0.2, 0.25) is 0 Å². The van der Waals surface area contributed by atoms with Crippen molar-refractivity contribution < 1.29 is 4.79 Å². The van der Waals surface area contributed by atoms with Crippen molar-refractivity contribution >= 4 is 32.9 Å². The minimum atomic E-state index is 0.0747. The van der Waals surface area contributed by atoms with E-state index in [1.807, 2.05) is 18.7 Å². The summed E-state index contributed by atoms with van der Waals surface area (Å²) in [4.78, 5) is 21.0. The van der Waals surface area contributed by atoms with Gasteiger partial charge in [-0.25, -0.2) is 4.79 Å². The highest BCUT2D eigenvalue weighted by molar-refractivity contribution is 9.10. The number of benzene rings is 1. The lowest BCUT2D eigenvalue weighted by Gasteiger charge is -2.47. The van der Waals surface area contributed by atoms with E-state index in [-0.39, 0.29) is 12.1 Å². The van der Waals surface area contributed by atoms with Gasteiger partial charge in [0.25, 0.3) is 0 Å². The number of likely N-dealkylation sites (tertiary alicyclic amines) is 1. The Morgan fingerprint density at radius 2 is 2.03 bits per heavy atom. The SMILES string of the molecule is CCCN1C[C@@H](NC(=O)N(CC)CC)C[C@@H]2c3cc(Br)cc4[nH]c(CC)c(c34)C[C@H]21. The van der Waals surface area contributed by atoms with E-state index >= 15 is 0 Å². The molecule has 0 spiro atoms. The summed E-state index contributed by atoms with van der Waals surface area (Å²) >= 11 is 3.75. The second-order valence-corrected chi connectivity index (χ2v) is 9.70. The van der Waals surface area contributed by atoms with Crippen LogP contribution in [0.25, 0.3) is 10.9 Å². The van der Waals surface area contributed by atoms with Crippen molar-refractivity contribution in [3.63, 3.8) is 0 Å². The van der Waals surface area contributed by atoms with Gasteiger partial charge >= 0.3 is 6.03 Å². The minimum absolute atomic E-state index is 0.0747. The maximum Gasteiger partial charge on any atom is 0.317 e. The summed E-state index contributed by atoms with van der Waals surface area (Å²) in [6.07, 6.45) is 4.29. The molecule has 2 aliphatic rings. The molecule has 1 saturated heterocycles. The molecule has 0 saturated carbocycles. The molecular weight excluding hydrogens is 440 g/mol. The quantitative estimate of drug-likeness (QED) is 0.615. The number of amides is 2. The average Bonchev–Trinajstić information content (AvgIpc) is 3.07. The van der Waals surface area contributed by atoms with Gasteiger partial charge in [0, 0.05) is 58.7 Å². The second-order valence-electron chi connectivity index (χ2n) is 8.78. The molecule has 0 radical (unpaired) electrons. The Bertz CT molecular complexity index is 920. The number of H-pyrrole nitrogens is 1. The van der Waals surface area contributed by atoms with Gasteiger partial charge in [0.2, 0.25) is 0 Å². The molecule has 4 rings (SSSR count). The number of halogens is 1. The third kappa shape index (κ3) is 3.77. The van der Waals surface area contributed by atoms with Crippen LogP contribution in [0.1, 0.15) is 63.3 Å². The topological polar surface area (TPSA) is 51.4 Å². The third-order valence-electron chi connectivity index (χ3n) is 7.07. The number of carbonyl (C=O) groups excluding carboxylic acids is 1. The minimum Gasteiger partial charge on any atom is -0.358 e. The first-order chi connectivity index (χ1) is 14.5. The van der Waals surface area contributed by atoms with Crippen LogP contribution in [0, 0.1) is 0 Å². The fourth-order valence-corrected chi connectivity index (χ4v) is 6.20. The van der Waals surface area contributed by atoms with Gasteiger partial charge in [0.1, 0.15) is 0 Å². The summed E-state index contributed by atoms with van der Waals surface area (Å²) in [5, 5.41) is 4.79. The van der Waals surface area contributed by atoms with Crippen molar-refractivity contribution in [3.05, 3.63) is 33.4 Å². The number of fused-ring (bicyclic) bond motifs is 2. The van der Waals surface area contributed by atoms with Crippen LogP contribution in [0.4, 0.5) is 4.79 Å². The first-order valence-electron chi connectivity index (χ1n) is 11.6. The number of nitrogens with zero attached hydrogens (tertiary/aromatic N) is 2. The molecular formula is C24H35BrN4O. The zero-order valence-electron chi connectivity index (χ0n) is 18.7. The molecule has 6 heteroatoms. The van der Waals surface area contributed by atoms with Crippen molar-refractivity contribution in [2.24, 2.45) is 0 Å². The van der Waals surface area contributed by atoms with Gasteiger partial charge in [0.15, 0.2) is 0 Å². The maximum atomic E-state index is 12.8. The Morgan fingerprint density at radius 1 is 1.27 bits per heavy atom. The average molecular weight is 475 g/mol. The van der Waals surface area contributed by atoms with Crippen LogP contribution in [0.3, 0.4) is 0 Å². The van der Waals surface area contributed by atoms with Crippen LogP contribution in [0.5, 0.6) is 0 Å². The Labute approximate surface area is 188 Å². The fraction of sp³-hybridized carbons (Fsp3) is 0.625. The van der Waals surface area contributed by atoms with E-state index in [0.717, 1.165) is 56.3 Å². The number of urea groups is 1. The van der Waals surface area contributed by atoms with E-state index in [1.165, 1.54) is 27.7 Å². The van der Waals surface area contributed by atoms with Crippen molar-refractivity contribution in [1.82, 2.24) is 20.1 Å². The fourth-order valence-electron chi connectivity index (χ4n) is 5.72. The number of piperidine rings is 1. The van der Waals surface area contributed by atoms with Crippen LogP contribution in [-0.4, -0.2) is 59.1 Å². The molecule has 164 valence electrons. The summed E-state index contributed by atoms with van der Waals surface area (Å²) in [7, 11) is 0. The van der Waals surface area contributed by atoms with Gasteiger partial charge in [-0.1, -0.05) is 29.8 Å². The zero-order valence-corrected chi connectivity index (χ0v) is 20.3. The molecule has 30 heavy (non-hydrogen) atoms. The van der Waals surface area contributed by atoms with Crippen LogP contribution in [0.15, 0.2) is 16.6 Å². The van der Waals surface area contributed by atoms with Gasteiger partial charge in [-0.3, -0.25) is 4.90 Å². The first kappa shape index (κ1) is 21.7. The molecule has 5 nitrogen and oxygen atoms in total. The largest absolute Gasteiger partial charge is 0.358 e. The first-order valence-corrected chi connectivity index (χ1v) is 12.4. The summed E-state index contributed by atoms with van der Waals surface area (Å²) in [5.41, 5.74) is 5.60. The molecule has 2 N–H and O–H groups in total. The van der Waals surface area contributed by atoms with Gasteiger partial charge in [-0.05, 0) is 69.3 Å². The molecule has 2 amide bonds. The summed E-state index contributed by atoms with van der Waals surface area (Å²) in [5.74, 6) is 0.445. The zero-order chi connectivity index (χ0) is 21.4. The standard InChI is InChI=1S/C24H35BrN4O/c1-5-9-29-14-16(26-24(30)28(7-3)8-4)12-17-18-10-15(25)11-21-23(18)19(13-22(17)29)20(6-2)27-21/h10-11,16-17,22,27H,5-9,12-14H2,1-4H3,(H,26,30)/t16-,17+,22+/m0/s1. The molecule has 1 fully saturated rings. The Hall–Kier alpha value is -1.53. The smallest absolute Gasteiger partial charge is 0.317 e. The van der Waals surface area contributed by atoms with E-state index in [9.17, 15) is 4.79 Å². The van der Waals surface area contributed by atoms with E-state index in [1.54, 1.807) is 0 Å². The van der Waals surface area contributed by atoms with Crippen molar-refractivity contribution in [2.45, 2.75) is 71.4 Å². The van der Waals surface area contributed by atoms with Gasteiger partial charge in [-0.2, -0.15) is 0 Å². The molecule has 1 aromatic heterocycles. The number of aryl methyl sites for hydroxylation is 1. The van der Waals surface area contributed by atoms with Crippen molar-refractivity contribution in [2.75, 3.05) is 26.2 Å². The number of nitrogens with one attached hydrogen (secondary N) is 2. The number of hydrogen-bond acceptors (Lipinski definition) is 2. The predicted molar refractivity (Wildman–Crippen MR) is 127 cm³/mol. The van der Waals surface area contributed by atoms with Gasteiger partial charge < -0.3 is 15.2 Å². The van der Waals surface area contributed by atoms with E-state index in [2.05, 4.69) is 57.1 Å². The lowest BCUT2D eigenvalue weighted by Crippen LogP contribution is -2.58. The normalized spacial score (nSPS) is 23.4. The van der Waals surface area contributed by atoms with E-state index in [0.29, 0.717) is 12.0 Å². The van der Waals surface area contributed by atoms with Gasteiger partial charge in [-0.15, -0.1) is 0 Å². The third-order valence-corrected chi connectivity index (χ3v) is 7.53. The molecule has 1 aliphatic carbocycles. The molecule has 0 unspecified atom stereocenters. The number of aromatic nitrogens is 1. The van der Waals surface area contributed by atoms with Crippen LogP contribution in [-0.2, 0) is 12.8 Å². The highest BCUT2D eigenvalue weighted by Crippen LogP contribution is 2.45. The maximum absolute atomic E-state index is 12.8. The monoisotopic (exact) mass is 474 g/mol. The summed E-state index contributed by atoms with van der Waals surface area (Å²) in [6.45, 7) is 12.1. The second kappa shape index (κ2) is 8.91. The number of aromatic amines is 1. The van der Waals surface area contributed by atoms with Gasteiger partial charge in [0.05, 0.1) is 0 Å². The number of hydrogen-bond donors (Lipinski definition) is 2. The Kier molecular flexibility index (Phi) is 6.44. The Balaban J connectivity index is 1.71. The van der Waals surface area contributed by atoms with E-state index in [4.69, 9.17) is 0 Å². The lowest BCUT2D eigenvalue weighted by atomic mass is 9.73. The molecule has 0 bridgehead atoms. The molecule has 2 aromatic rings. The highest BCUT2D eigenvalue weighted by atomic mass is 79.9. The molecule has 1 aromatic carbocycles.